The van der Waals surface area contributed by atoms with Crippen LogP contribution in [0.3, 0.4) is 0 Å². The molecule has 0 aliphatic carbocycles. The van der Waals surface area contributed by atoms with Crippen LogP contribution in [-0.4, -0.2) is 17.2 Å². The first-order valence-electron chi connectivity index (χ1n) is 4.04. The Hall–Kier alpha value is -1.29. The summed E-state index contributed by atoms with van der Waals surface area (Å²) in [6.45, 7) is 0. The monoisotopic (exact) mass is 253 g/mol. The molecule has 0 radical (unpaired) electrons. The molecule has 0 amide bonds. The topological polar surface area (TPSA) is 42.4 Å². The van der Waals surface area contributed by atoms with E-state index < -0.39 is 0 Å². The van der Waals surface area contributed by atoms with Gasteiger partial charge in [-0.2, -0.15) is 0 Å². The van der Waals surface area contributed by atoms with Gasteiger partial charge in [0.1, 0.15) is 16.1 Å². The van der Waals surface area contributed by atoms with E-state index in [0.29, 0.717) is 4.60 Å². The first kappa shape index (κ1) is 9.27. The number of methoxy groups -OCH3 is 1. The summed E-state index contributed by atoms with van der Waals surface area (Å²) in [7, 11) is 1.60. The second-order valence-corrected chi connectivity index (χ2v) is 3.61. The number of aromatic nitrogens is 1. The van der Waals surface area contributed by atoms with E-state index in [9.17, 15) is 5.11 Å². The Labute approximate surface area is 89.5 Å². The summed E-state index contributed by atoms with van der Waals surface area (Å²) in [5.41, 5.74) is 0.815. The molecule has 0 aliphatic rings. The SMILES string of the molecule is COc1ccc2nc(Br)c(O)cc2c1. The van der Waals surface area contributed by atoms with E-state index in [-0.39, 0.29) is 5.75 Å². The predicted octanol–water partition coefficient (Wildman–Crippen LogP) is 2.71. The Morgan fingerprint density at radius 2 is 2.14 bits per heavy atom. The van der Waals surface area contributed by atoms with Gasteiger partial charge in [-0.3, -0.25) is 0 Å². The van der Waals surface area contributed by atoms with Crippen LogP contribution in [0.4, 0.5) is 0 Å². The number of hydrogen-bond donors (Lipinski definition) is 1. The molecule has 1 N–H and O–H groups in total. The van der Waals surface area contributed by atoms with Crippen LogP contribution < -0.4 is 4.74 Å². The third-order valence-electron chi connectivity index (χ3n) is 1.96. The van der Waals surface area contributed by atoms with Gasteiger partial charge in [-0.1, -0.05) is 0 Å². The zero-order valence-corrected chi connectivity index (χ0v) is 9.08. The number of fused-ring (bicyclic) bond motifs is 1. The van der Waals surface area contributed by atoms with Crippen LogP contribution in [0.2, 0.25) is 0 Å². The molecule has 1 aromatic carbocycles. The lowest BCUT2D eigenvalue weighted by atomic mass is 10.2. The molecule has 2 rings (SSSR count). The van der Waals surface area contributed by atoms with E-state index in [0.717, 1.165) is 16.7 Å². The van der Waals surface area contributed by atoms with Crippen molar-refractivity contribution in [3.05, 3.63) is 28.9 Å². The number of ether oxygens (including phenoxy) is 1. The molecule has 0 unspecified atom stereocenters. The molecule has 1 aromatic heterocycles. The second-order valence-electron chi connectivity index (χ2n) is 2.86. The van der Waals surface area contributed by atoms with E-state index in [1.165, 1.54) is 0 Å². The molecule has 14 heavy (non-hydrogen) atoms. The van der Waals surface area contributed by atoms with Crippen LogP contribution in [0.1, 0.15) is 0 Å². The Morgan fingerprint density at radius 3 is 2.86 bits per heavy atom. The largest absolute Gasteiger partial charge is 0.505 e. The maximum absolute atomic E-state index is 9.43. The molecule has 2 aromatic rings. The molecule has 0 saturated heterocycles. The van der Waals surface area contributed by atoms with Gasteiger partial charge in [0.05, 0.1) is 12.6 Å². The minimum atomic E-state index is 0.130. The quantitative estimate of drug-likeness (QED) is 0.795. The lowest BCUT2D eigenvalue weighted by Gasteiger charge is -2.03. The van der Waals surface area contributed by atoms with Gasteiger partial charge in [0.25, 0.3) is 0 Å². The van der Waals surface area contributed by atoms with E-state index in [1.54, 1.807) is 13.2 Å². The summed E-state index contributed by atoms with van der Waals surface area (Å²) in [6.07, 6.45) is 0. The third kappa shape index (κ3) is 1.53. The fraction of sp³-hybridized carbons (Fsp3) is 0.100. The zero-order valence-electron chi connectivity index (χ0n) is 7.49. The van der Waals surface area contributed by atoms with Crippen LogP contribution in [0.15, 0.2) is 28.9 Å². The zero-order chi connectivity index (χ0) is 10.1. The van der Waals surface area contributed by atoms with Gasteiger partial charge in [-0.05, 0) is 40.2 Å². The molecule has 0 atom stereocenters. The number of halogens is 1. The Bertz CT molecular complexity index is 485. The molecule has 1 heterocycles. The van der Waals surface area contributed by atoms with Crippen molar-refractivity contribution in [3.63, 3.8) is 0 Å². The predicted molar refractivity (Wildman–Crippen MR) is 57.7 cm³/mol. The average molecular weight is 254 g/mol. The molecule has 72 valence electrons. The van der Waals surface area contributed by atoms with E-state index in [2.05, 4.69) is 20.9 Å². The van der Waals surface area contributed by atoms with Crippen molar-refractivity contribution in [2.24, 2.45) is 0 Å². The standard InChI is InChI=1S/C10H8BrNO2/c1-14-7-2-3-8-6(4-7)5-9(13)10(11)12-8/h2-5,13H,1H3. The van der Waals surface area contributed by atoms with Gasteiger partial charge in [0.15, 0.2) is 0 Å². The lowest BCUT2D eigenvalue weighted by molar-refractivity contribution is 0.415. The van der Waals surface area contributed by atoms with Crippen LogP contribution in [0.25, 0.3) is 10.9 Å². The normalized spacial score (nSPS) is 10.4. The summed E-state index contributed by atoms with van der Waals surface area (Å²) in [4.78, 5) is 4.16. The molecule has 0 saturated carbocycles. The van der Waals surface area contributed by atoms with Crippen molar-refractivity contribution >= 4 is 26.8 Å². The summed E-state index contributed by atoms with van der Waals surface area (Å²) in [5.74, 6) is 0.881. The Kier molecular flexibility index (Phi) is 2.29. The third-order valence-corrected chi connectivity index (χ3v) is 2.54. The van der Waals surface area contributed by atoms with Crippen molar-refractivity contribution in [1.29, 1.82) is 0 Å². The van der Waals surface area contributed by atoms with Crippen LogP contribution in [-0.2, 0) is 0 Å². The summed E-state index contributed by atoms with van der Waals surface area (Å²) in [5, 5.41) is 10.3. The number of nitrogens with zero attached hydrogens (tertiary/aromatic N) is 1. The van der Waals surface area contributed by atoms with Crippen LogP contribution in [0.5, 0.6) is 11.5 Å². The smallest absolute Gasteiger partial charge is 0.149 e. The highest BCUT2D eigenvalue weighted by Gasteiger charge is 2.03. The molecule has 0 fully saturated rings. The minimum absolute atomic E-state index is 0.130. The highest BCUT2D eigenvalue weighted by atomic mass is 79.9. The van der Waals surface area contributed by atoms with Gasteiger partial charge < -0.3 is 9.84 Å². The highest BCUT2D eigenvalue weighted by molar-refractivity contribution is 9.10. The van der Waals surface area contributed by atoms with Crippen molar-refractivity contribution in [1.82, 2.24) is 4.98 Å². The molecule has 0 bridgehead atoms. The summed E-state index contributed by atoms with van der Waals surface area (Å²) >= 11 is 3.16. The first-order valence-corrected chi connectivity index (χ1v) is 4.83. The van der Waals surface area contributed by atoms with Crippen LogP contribution in [0, 0.1) is 0 Å². The number of hydrogen-bond acceptors (Lipinski definition) is 3. The van der Waals surface area contributed by atoms with Crippen molar-refractivity contribution in [2.45, 2.75) is 0 Å². The summed E-state index contributed by atoms with van der Waals surface area (Å²) in [6, 6.07) is 7.15. The molecule has 0 aliphatic heterocycles. The van der Waals surface area contributed by atoms with Crippen molar-refractivity contribution in [3.8, 4) is 11.5 Å². The van der Waals surface area contributed by atoms with Gasteiger partial charge in [-0.15, -0.1) is 0 Å². The van der Waals surface area contributed by atoms with E-state index in [4.69, 9.17) is 4.74 Å². The van der Waals surface area contributed by atoms with E-state index >= 15 is 0 Å². The second kappa shape index (κ2) is 3.46. The highest BCUT2D eigenvalue weighted by Crippen LogP contribution is 2.28. The lowest BCUT2D eigenvalue weighted by Crippen LogP contribution is -1.85. The van der Waals surface area contributed by atoms with E-state index in [1.807, 2.05) is 18.2 Å². The number of rotatable bonds is 1. The maximum atomic E-state index is 9.43. The molecule has 3 nitrogen and oxygen atoms in total. The molecule has 4 heteroatoms. The maximum Gasteiger partial charge on any atom is 0.149 e. The van der Waals surface area contributed by atoms with Gasteiger partial charge in [0, 0.05) is 5.39 Å². The van der Waals surface area contributed by atoms with Crippen molar-refractivity contribution < 1.29 is 9.84 Å². The van der Waals surface area contributed by atoms with Gasteiger partial charge >= 0.3 is 0 Å². The fourth-order valence-corrected chi connectivity index (χ4v) is 1.55. The Balaban J connectivity index is 2.70. The van der Waals surface area contributed by atoms with Gasteiger partial charge in [-0.25, -0.2) is 4.98 Å². The molecular formula is C10H8BrNO2. The minimum Gasteiger partial charge on any atom is -0.505 e. The number of benzene rings is 1. The first-order chi connectivity index (χ1) is 6.70. The van der Waals surface area contributed by atoms with Crippen molar-refractivity contribution in [2.75, 3.05) is 7.11 Å². The summed E-state index contributed by atoms with van der Waals surface area (Å²) < 4.78 is 5.53. The molecule has 0 spiro atoms. The van der Waals surface area contributed by atoms with Crippen LogP contribution >= 0.6 is 15.9 Å². The van der Waals surface area contributed by atoms with Gasteiger partial charge in [0.2, 0.25) is 0 Å². The molecular weight excluding hydrogens is 246 g/mol. The Morgan fingerprint density at radius 1 is 1.36 bits per heavy atom. The fourth-order valence-electron chi connectivity index (χ4n) is 1.25. The average Bonchev–Trinajstić information content (AvgIpc) is 2.19. The number of pyridine rings is 1. The number of aromatic hydroxyl groups is 1.